The highest BCUT2D eigenvalue weighted by Gasteiger charge is 2.36. The Morgan fingerprint density at radius 2 is 1.74 bits per heavy atom. The van der Waals surface area contributed by atoms with E-state index in [1.807, 2.05) is 68.4 Å². The topological polar surface area (TPSA) is 80.5 Å². The number of carbonyl (C=O) groups excluding carboxylic acids is 1. The molecule has 176 valence electrons. The summed E-state index contributed by atoms with van der Waals surface area (Å²) in [5.41, 5.74) is 3.41. The molecule has 1 N–H and O–H groups in total. The lowest BCUT2D eigenvalue weighted by Crippen LogP contribution is -2.46. The number of anilines is 1. The van der Waals surface area contributed by atoms with Gasteiger partial charge in [-0.15, -0.1) is 0 Å². The Hall–Kier alpha value is -4.46. The number of urea groups is 1. The standard InChI is InChI=1S/C27H23FN4O3/c1-3-34-22-15-9-18(10-16-22)24-23(26-30-25(31-35-26)19-7-5-4-6-8-19)17(2)32(27(33)29-24)21-13-11-20(28)12-14-21/h4-16,24H,3H2,1-2H3,(H,29,33). The number of hydrogen-bond acceptors (Lipinski definition) is 5. The first-order chi connectivity index (χ1) is 17.0. The van der Waals surface area contributed by atoms with Crippen molar-refractivity contribution in [3.05, 3.63) is 102 Å². The molecule has 0 aliphatic carbocycles. The monoisotopic (exact) mass is 470 g/mol. The molecule has 1 aromatic heterocycles. The van der Waals surface area contributed by atoms with Crippen LogP contribution in [0, 0.1) is 5.82 Å². The maximum atomic E-state index is 13.6. The van der Waals surface area contributed by atoms with Crippen LogP contribution in [0.1, 0.15) is 31.3 Å². The molecule has 8 heteroatoms. The maximum Gasteiger partial charge on any atom is 0.326 e. The molecule has 0 saturated heterocycles. The Labute approximate surface area is 201 Å². The van der Waals surface area contributed by atoms with Gasteiger partial charge in [0.2, 0.25) is 5.82 Å². The van der Waals surface area contributed by atoms with Gasteiger partial charge in [-0.05, 0) is 55.8 Å². The van der Waals surface area contributed by atoms with Crippen LogP contribution < -0.4 is 15.0 Å². The second-order valence-electron chi connectivity index (χ2n) is 7.98. The Bertz CT molecular complexity index is 1370. The first kappa shape index (κ1) is 22.3. The molecular weight excluding hydrogens is 447 g/mol. The molecule has 5 rings (SSSR count). The molecule has 7 nitrogen and oxygen atoms in total. The van der Waals surface area contributed by atoms with Crippen LogP contribution in [0.15, 0.2) is 89.1 Å². The van der Waals surface area contributed by atoms with E-state index in [1.165, 1.54) is 17.0 Å². The summed E-state index contributed by atoms with van der Waals surface area (Å²) in [6.45, 7) is 4.29. The first-order valence-corrected chi connectivity index (χ1v) is 11.2. The van der Waals surface area contributed by atoms with Crippen molar-refractivity contribution >= 4 is 17.3 Å². The molecule has 0 spiro atoms. The number of carbonyl (C=O) groups is 1. The summed E-state index contributed by atoms with van der Waals surface area (Å²) in [5, 5.41) is 7.21. The van der Waals surface area contributed by atoms with Crippen molar-refractivity contribution in [2.24, 2.45) is 0 Å². The molecule has 35 heavy (non-hydrogen) atoms. The summed E-state index contributed by atoms with van der Waals surface area (Å²) in [5.74, 6) is 1.08. The molecule has 1 atom stereocenters. The van der Waals surface area contributed by atoms with Gasteiger partial charge in [0.25, 0.3) is 5.89 Å². The fourth-order valence-electron chi connectivity index (χ4n) is 4.13. The number of benzene rings is 3. The van der Waals surface area contributed by atoms with Crippen molar-refractivity contribution < 1.29 is 18.4 Å². The number of allylic oxidation sites excluding steroid dienone is 1. The second-order valence-corrected chi connectivity index (χ2v) is 7.98. The van der Waals surface area contributed by atoms with E-state index in [-0.39, 0.29) is 17.7 Å². The third-order valence-electron chi connectivity index (χ3n) is 5.78. The van der Waals surface area contributed by atoms with E-state index < -0.39 is 6.04 Å². The molecule has 1 aliphatic heterocycles. The van der Waals surface area contributed by atoms with E-state index in [9.17, 15) is 9.18 Å². The quantitative estimate of drug-likeness (QED) is 0.375. The SMILES string of the molecule is CCOc1ccc(C2NC(=O)N(c3ccc(F)cc3)C(C)=C2c2nc(-c3ccccc3)no2)cc1. The number of hydrogen-bond donors (Lipinski definition) is 1. The van der Waals surface area contributed by atoms with Gasteiger partial charge in [-0.1, -0.05) is 47.6 Å². The van der Waals surface area contributed by atoms with Crippen molar-refractivity contribution in [2.75, 3.05) is 11.5 Å². The summed E-state index contributed by atoms with van der Waals surface area (Å²) in [6.07, 6.45) is 0. The van der Waals surface area contributed by atoms with Gasteiger partial charge < -0.3 is 14.6 Å². The smallest absolute Gasteiger partial charge is 0.326 e. The summed E-state index contributed by atoms with van der Waals surface area (Å²) in [7, 11) is 0. The van der Waals surface area contributed by atoms with E-state index in [0.29, 0.717) is 29.4 Å². The van der Waals surface area contributed by atoms with Crippen LogP contribution in [0.3, 0.4) is 0 Å². The van der Waals surface area contributed by atoms with Crippen molar-refractivity contribution in [3.8, 4) is 17.1 Å². The largest absolute Gasteiger partial charge is 0.494 e. The Morgan fingerprint density at radius 3 is 2.43 bits per heavy atom. The molecular formula is C27H23FN4O3. The average Bonchev–Trinajstić information content (AvgIpc) is 3.36. The highest BCUT2D eigenvalue weighted by Crippen LogP contribution is 2.39. The number of nitrogens with one attached hydrogen (secondary N) is 1. The van der Waals surface area contributed by atoms with Gasteiger partial charge in [0, 0.05) is 11.3 Å². The lowest BCUT2D eigenvalue weighted by Gasteiger charge is -2.35. The average molecular weight is 471 g/mol. The summed E-state index contributed by atoms with van der Waals surface area (Å²) in [4.78, 5) is 19.4. The van der Waals surface area contributed by atoms with Crippen LogP contribution in [0.5, 0.6) is 5.75 Å². The van der Waals surface area contributed by atoms with Gasteiger partial charge in [0.15, 0.2) is 0 Å². The fraction of sp³-hybridized carbons (Fsp3) is 0.148. The molecule has 2 heterocycles. The number of rotatable bonds is 6. The third kappa shape index (κ3) is 4.38. The zero-order valence-electron chi connectivity index (χ0n) is 19.2. The summed E-state index contributed by atoms with van der Waals surface area (Å²) in [6, 6.07) is 21.8. The number of halogens is 1. The van der Waals surface area contributed by atoms with Crippen LogP contribution in [0.25, 0.3) is 17.0 Å². The van der Waals surface area contributed by atoms with Crippen molar-refractivity contribution in [3.63, 3.8) is 0 Å². The number of amides is 2. The fourth-order valence-corrected chi connectivity index (χ4v) is 4.13. The van der Waals surface area contributed by atoms with Crippen LogP contribution in [-0.2, 0) is 0 Å². The molecule has 1 aliphatic rings. The van der Waals surface area contributed by atoms with Crippen molar-refractivity contribution in [2.45, 2.75) is 19.9 Å². The Kier molecular flexibility index (Phi) is 6.01. The van der Waals surface area contributed by atoms with E-state index in [2.05, 4.69) is 15.5 Å². The van der Waals surface area contributed by atoms with Gasteiger partial charge >= 0.3 is 6.03 Å². The molecule has 0 fully saturated rings. The van der Waals surface area contributed by atoms with Gasteiger partial charge in [-0.25, -0.2) is 9.18 Å². The summed E-state index contributed by atoms with van der Waals surface area (Å²) >= 11 is 0. The maximum absolute atomic E-state index is 13.6. The molecule has 4 aromatic rings. The minimum atomic E-state index is -0.543. The van der Waals surface area contributed by atoms with Crippen LogP contribution >= 0.6 is 0 Å². The Balaban J connectivity index is 1.62. The number of aromatic nitrogens is 2. The van der Waals surface area contributed by atoms with Gasteiger partial charge in [-0.3, -0.25) is 4.90 Å². The minimum Gasteiger partial charge on any atom is -0.494 e. The highest BCUT2D eigenvalue weighted by molar-refractivity contribution is 6.01. The molecule has 0 radical (unpaired) electrons. The van der Waals surface area contributed by atoms with E-state index >= 15 is 0 Å². The minimum absolute atomic E-state index is 0.285. The zero-order chi connectivity index (χ0) is 24.4. The molecule has 3 aromatic carbocycles. The van der Waals surface area contributed by atoms with Crippen molar-refractivity contribution in [1.82, 2.24) is 15.5 Å². The number of ether oxygens (including phenoxy) is 1. The zero-order valence-corrected chi connectivity index (χ0v) is 19.2. The second kappa shape index (κ2) is 9.42. The normalized spacial score (nSPS) is 15.8. The lowest BCUT2D eigenvalue weighted by molar-refractivity contribution is 0.244. The predicted octanol–water partition coefficient (Wildman–Crippen LogP) is 5.98. The van der Waals surface area contributed by atoms with E-state index in [4.69, 9.17) is 9.26 Å². The molecule has 2 amide bonds. The molecule has 1 unspecified atom stereocenters. The highest BCUT2D eigenvalue weighted by atomic mass is 19.1. The van der Waals surface area contributed by atoms with E-state index in [1.54, 1.807) is 12.1 Å². The lowest BCUT2D eigenvalue weighted by atomic mass is 9.94. The van der Waals surface area contributed by atoms with E-state index in [0.717, 1.165) is 16.9 Å². The van der Waals surface area contributed by atoms with Crippen LogP contribution in [0.4, 0.5) is 14.9 Å². The number of nitrogens with zero attached hydrogens (tertiary/aromatic N) is 3. The Morgan fingerprint density at radius 1 is 1.03 bits per heavy atom. The molecule has 0 bridgehead atoms. The van der Waals surface area contributed by atoms with Gasteiger partial charge in [0.05, 0.1) is 23.9 Å². The first-order valence-electron chi connectivity index (χ1n) is 11.2. The molecule has 0 saturated carbocycles. The third-order valence-corrected chi connectivity index (χ3v) is 5.78. The summed E-state index contributed by atoms with van der Waals surface area (Å²) < 4.78 is 24.8. The van der Waals surface area contributed by atoms with Crippen LogP contribution in [-0.4, -0.2) is 22.8 Å². The van der Waals surface area contributed by atoms with Gasteiger partial charge in [-0.2, -0.15) is 4.98 Å². The van der Waals surface area contributed by atoms with Crippen molar-refractivity contribution in [1.29, 1.82) is 0 Å². The van der Waals surface area contributed by atoms with Gasteiger partial charge in [0.1, 0.15) is 11.6 Å². The van der Waals surface area contributed by atoms with Crippen LogP contribution in [0.2, 0.25) is 0 Å². The predicted molar refractivity (Wildman–Crippen MR) is 130 cm³/mol.